The molecule has 2 rings (SSSR count). The molecule has 3 heteroatoms. The van der Waals surface area contributed by atoms with Crippen LogP contribution in [0.15, 0.2) is 12.4 Å². The van der Waals surface area contributed by atoms with Gasteiger partial charge in [-0.3, -0.25) is 5.10 Å². The number of aliphatic hydroxyl groups excluding tert-OH is 1. The second kappa shape index (κ2) is 4.79. The van der Waals surface area contributed by atoms with Crippen molar-refractivity contribution in [2.24, 2.45) is 11.8 Å². The van der Waals surface area contributed by atoms with E-state index in [0.29, 0.717) is 11.8 Å². The molecule has 15 heavy (non-hydrogen) atoms. The molecule has 1 aromatic heterocycles. The Labute approximate surface area is 90.9 Å². The van der Waals surface area contributed by atoms with E-state index in [1.54, 1.807) is 6.20 Å². The number of H-pyrrole nitrogens is 1. The first-order valence-corrected chi connectivity index (χ1v) is 5.99. The van der Waals surface area contributed by atoms with Crippen LogP contribution in [0.25, 0.3) is 0 Å². The smallest absolute Gasteiger partial charge is 0.0851 e. The number of aromatic nitrogens is 2. The predicted molar refractivity (Wildman–Crippen MR) is 59.3 cm³/mol. The fraction of sp³-hybridized carbons (Fsp3) is 0.750. The van der Waals surface area contributed by atoms with E-state index in [-0.39, 0.29) is 6.10 Å². The minimum absolute atomic E-state index is 0.325. The van der Waals surface area contributed by atoms with Gasteiger partial charge in [-0.05, 0) is 18.3 Å². The first-order chi connectivity index (χ1) is 7.33. The Kier molecular flexibility index (Phi) is 3.41. The summed E-state index contributed by atoms with van der Waals surface area (Å²) in [4.78, 5) is 0. The molecule has 1 aliphatic rings. The van der Waals surface area contributed by atoms with E-state index in [1.807, 2.05) is 6.20 Å². The molecule has 84 valence electrons. The number of rotatable bonds is 3. The highest BCUT2D eigenvalue weighted by atomic mass is 16.3. The zero-order valence-electron chi connectivity index (χ0n) is 9.32. The molecular weight excluding hydrogens is 188 g/mol. The molecule has 0 spiro atoms. The fourth-order valence-electron chi connectivity index (χ4n) is 2.83. The summed E-state index contributed by atoms with van der Waals surface area (Å²) in [6, 6.07) is 0. The van der Waals surface area contributed by atoms with Crippen molar-refractivity contribution in [2.75, 3.05) is 0 Å². The van der Waals surface area contributed by atoms with E-state index in [2.05, 4.69) is 17.1 Å². The molecule has 1 saturated carbocycles. The van der Waals surface area contributed by atoms with Crippen LogP contribution < -0.4 is 0 Å². The van der Waals surface area contributed by atoms with Crippen LogP contribution in [0.2, 0.25) is 0 Å². The second-order valence-corrected chi connectivity index (χ2v) is 4.59. The molecule has 0 aliphatic heterocycles. The van der Waals surface area contributed by atoms with Crippen molar-refractivity contribution in [1.29, 1.82) is 0 Å². The Morgan fingerprint density at radius 2 is 2.33 bits per heavy atom. The van der Waals surface area contributed by atoms with Gasteiger partial charge in [-0.1, -0.05) is 32.6 Å². The van der Waals surface area contributed by atoms with E-state index in [1.165, 1.54) is 25.7 Å². The van der Waals surface area contributed by atoms with Crippen molar-refractivity contribution in [2.45, 2.75) is 45.1 Å². The number of hydrogen-bond acceptors (Lipinski definition) is 2. The largest absolute Gasteiger partial charge is 0.388 e. The van der Waals surface area contributed by atoms with E-state index in [4.69, 9.17) is 0 Å². The van der Waals surface area contributed by atoms with Crippen LogP contribution in [0.4, 0.5) is 0 Å². The molecule has 0 bridgehead atoms. The molecule has 0 saturated heterocycles. The van der Waals surface area contributed by atoms with Crippen molar-refractivity contribution < 1.29 is 5.11 Å². The summed E-state index contributed by atoms with van der Waals surface area (Å²) < 4.78 is 0. The molecular formula is C12H20N2O. The van der Waals surface area contributed by atoms with Gasteiger partial charge in [-0.15, -0.1) is 0 Å². The highest BCUT2D eigenvalue weighted by molar-refractivity contribution is 5.08. The van der Waals surface area contributed by atoms with Crippen LogP contribution in [0.3, 0.4) is 0 Å². The van der Waals surface area contributed by atoms with Crippen LogP contribution in [0.5, 0.6) is 0 Å². The Morgan fingerprint density at radius 1 is 1.53 bits per heavy atom. The van der Waals surface area contributed by atoms with Gasteiger partial charge in [-0.2, -0.15) is 5.10 Å². The Hall–Kier alpha value is -0.830. The summed E-state index contributed by atoms with van der Waals surface area (Å²) in [7, 11) is 0. The highest BCUT2D eigenvalue weighted by Crippen LogP contribution is 2.39. The van der Waals surface area contributed by atoms with Gasteiger partial charge < -0.3 is 5.11 Å². The summed E-state index contributed by atoms with van der Waals surface area (Å²) in [6.45, 7) is 2.23. The van der Waals surface area contributed by atoms with Gasteiger partial charge in [0.2, 0.25) is 0 Å². The van der Waals surface area contributed by atoms with Crippen molar-refractivity contribution in [3.8, 4) is 0 Å². The van der Waals surface area contributed by atoms with Gasteiger partial charge in [0.15, 0.2) is 0 Å². The SMILES string of the molecule is CCC1CCCCC1C(O)c1cn[nH]c1. The number of hydrogen-bond donors (Lipinski definition) is 2. The maximum Gasteiger partial charge on any atom is 0.0851 e. The minimum Gasteiger partial charge on any atom is -0.388 e. The second-order valence-electron chi connectivity index (χ2n) is 4.59. The number of aromatic amines is 1. The Morgan fingerprint density at radius 3 is 3.00 bits per heavy atom. The molecule has 0 aromatic carbocycles. The monoisotopic (exact) mass is 208 g/mol. The predicted octanol–water partition coefficient (Wildman–Crippen LogP) is 2.66. The highest BCUT2D eigenvalue weighted by Gasteiger charge is 2.30. The summed E-state index contributed by atoms with van der Waals surface area (Å²) in [6.07, 6.45) is 9.43. The summed E-state index contributed by atoms with van der Waals surface area (Å²) >= 11 is 0. The molecule has 1 aliphatic carbocycles. The molecule has 1 fully saturated rings. The van der Waals surface area contributed by atoms with Crippen LogP contribution in [-0.2, 0) is 0 Å². The fourth-order valence-corrected chi connectivity index (χ4v) is 2.83. The summed E-state index contributed by atoms with van der Waals surface area (Å²) in [5.41, 5.74) is 0.945. The molecule has 1 heterocycles. The lowest BCUT2D eigenvalue weighted by Gasteiger charge is -2.33. The lowest BCUT2D eigenvalue weighted by atomic mass is 9.74. The molecule has 0 amide bonds. The van der Waals surface area contributed by atoms with Crippen molar-refractivity contribution in [1.82, 2.24) is 10.2 Å². The molecule has 2 N–H and O–H groups in total. The van der Waals surface area contributed by atoms with Gasteiger partial charge in [-0.25, -0.2) is 0 Å². The third-order valence-corrected chi connectivity index (χ3v) is 3.76. The maximum atomic E-state index is 10.3. The molecule has 3 atom stereocenters. The average molecular weight is 208 g/mol. The Balaban J connectivity index is 2.07. The van der Waals surface area contributed by atoms with E-state index in [0.717, 1.165) is 12.0 Å². The molecule has 3 nitrogen and oxygen atoms in total. The summed E-state index contributed by atoms with van der Waals surface area (Å²) in [5, 5.41) is 17.0. The number of aliphatic hydroxyl groups is 1. The standard InChI is InChI=1S/C12H20N2O/c1-2-9-5-3-4-6-11(9)12(15)10-7-13-14-8-10/h7-9,11-12,15H,2-6H2,1H3,(H,13,14). The number of nitrogens with one attached hydrogen (secondary N) is 1. The van der Waals surface area contributed by atoms with E-state index >= 15 is 0 Å². The number of nitrogens with zero attached hydrogens (tertiary/aromatic N) is 1. The molecule has 3 unspecified atom stereocenters. The first-order valence-electron chi connectivity index (χ1n) is 5.99. The van der Waals surface area contributed by atoms with Crippen LogP contribution in [-0.4, -0.2) is 15.3 Å². The quantitative estimate of drug-likeness (QED) is 0.802. The molecule has 0 radical (unpaired) electrons. The Bertz CT molecular complexity index is 284. The van der Waals surface area contributed by atoms with Crippen molar-refractivity contribution >= 4 is 0 Å². The lowest BCUT2D eigenvalue weighted by Crippen LogP contribution is -2.25. The molecule has 1 aromatic rings. The van der Waals surface area contributed by atoms with Crippen LogP contribution >= 0.6 is 0 Å². The zero-order valence-corrected chi connectivity index (χ0v) is 9.32. The lowest BCUT2D eigenvalue weighted by molar-refractivity contribution is 0.0452. The van der Waals surface area contributed by atoms with Crippen LogP contribution in [0.1, 0.15) is 50.7 Å². The third kappa shape index (κ3) is 2.23. The first kappa shape index (κ1) is 10.7. The van der Waals surface area contributed by atoms with Gasteiger partial charge >= 0.3 is 0 Å². The minimum atomic E-state index is -0.325. The topological polar surface area (TPSA) is 48.9 Å². The van der Waals surface area contributed by atoms with Gasteiger partial charge in [0.25, 0.3) is 0 Å². The van der Waals surface area contributed by atoms with Crippen LogP contribution in [0, 0.1) is 11.8 Å². The van der Waals surface area contributed by atoms with Gasteiger partial charge in [0, 0.05) is 11.8 Å². The normalized spacial score (nSPS) is 28.9. The summed E-state index contributed by atoms with van der Waals surface area (Å²) in [5.74, 6) is 1.12. The van der Waals surface area contributed by atoms with E-state index in [9.17, 15) is 5.11 Å². The van der Waals surface area contributed by atoms with E-state index < -0.39 is 0 Å². The average Bonchev–Trinajstić information content (AvgIpc) is 2.81. The zero-order chi connectivity index (χ0) is 10.7. The van der Waals surface area contributed by atoms with Gasteiger partial charge in [0.05, 0.1) is 12.3 Å². The van der Waals surface area contributed by atoms with Crippen molar-refractivity contribution in [3.63, 3.8) is 0 Å². The maximum absolute atomic E-state index is 10.3. The third-order valence-electron chi connectivity index (χ3n) is 3.76. The van der Waals surface area contributed by atoms with Crippen molar-refractivity contribution in [3.05, 3.63) is 18.0 Å². The van der Waals surface area contributed by atoms with Gasteiger partial charge in [0.1, 0.15) is 0 Å².